The van der Waals surface area contributed by atoms with Gasteiger partial charge in [0.25, 0.3) is 5.91 Å². The predicted octanol–water partition coefficient (Wildman–Crippen LogP) is 0.0234. The number of phenolic OH excluding ortho intramolecular Hbond substituents is 2. The summed E-state index contributed by atoms with van der Waals surface area (Å²) in [5, 5.41) is 27.8. The minimum atomic E-state index is -1.16. The second-order valence-corrected chi connectivity index (χ2v) is 4.13. The van der Waals surface area contributed by atoms with E-state index in [0.717, 1.165) is 11.0 Å². The summed E-state index contributed by atoms with van der Waals surface area (Å²) in [4.78, 5) is 24.4. The first-order valence-corrected chi connectivity index (χ1v) is 5.64. The van der Waals surface area contributed by atoms with Crippen LogP contribution in [0.1, 0.15) is 10.4 Å². The SMILES string of the molecule is O=C(O)C1COCCN1C(=O)c1ccc(O)cc1O. The molecular formula is C12H13NO6. The van der Waals surface area contributed by atoms with Crippen molar-refractivity contribution in [2.75, 3.05) is 19.8 Å². The Labute approximate surface area is 108 Å². The number of nitrogens with zero attached hydrogens (tertiary/aromatic N) is 1. The van der Waals surface area contributed by atoms with Gasteiger partial charge in [-0.25, -0.2) is 4.79 Å². The monoisotopic (exact) mass is 267 g/mol. The summed E-state index contributed by atoms with van der Waals surface area (Å²) < 4.78 is 5.03. The van der Waals surface area contributed by atoms with Crippen molar-refractivity contribution in [2.45, 2.75) is 6.04 Å². The van der Waals surface area contributed by atoms with Gasteiger partial charge in [-0.2, -0.15) is 0 Å². The van der Waals surface area contributed by atoms with Crippen LogP contribution < -0.4 is 0 Å². The van der Waals surface area contributed by atoms with Crippen LogP contribution in [0.15, 0.2) is 18.2 Å². The Morgan fingerprint density at radius 2 is 2.05 bits per heavy atom. The number of phenols is 2. The molecule has 19 heavy (non-hydrogen) atoms. The molecule has 0 aliphatic carbocycles. The Balaban J connectivity index is 2.28. The Kier molecular flexibility index (Phi) is 3.57. The van der Waals surface area contributed by atoms with E-state index in [1.807, 2.05) is 0 Å². The van der Waals surface area contributed by atoms with E-state index in [0.29, 0.717) is 0 Å². The van der Waals surface area contributed by atoms with Crippen LogP contribution in [0.2, 0.25) is 0 Å². The molecule has 1 aromatic carbocycles. The van der Waals surface area contributed by atoms with E-state index in [2.05, 4.69) is 0 Å². The van der Waals surface area contributed by atoms with Gasteiger partial charge in [0.15, 0.2) is 6.04 Å². The first kappa shape index (κ1) is 13.2. The fourth-order valence-corrected chi connectivity index (χ4v) is 1.91. The van der Waals surface area contributed by atoms with E-state index in [-0.39, 0.29) is 36.8 Å². The highest BCUT2D eigenvalue weighted by atomic mass is 16.5. The van der Waals surface area contributed by atoms with Crippen LogP contribution in [0, 0.1) is 0 Å². The number of carbonyl (C=O) groups excluding carboxylic acids is 1. The quantitative estimate of drug-likeness (QED) is 0.697. The zero-order chi connectivity index (χ0) is 14.0. The largest absolute Gasteiger partial charge is 0.508 e. The van der Waals surface area contributed by atoms with Gasteiger partial charge in [-0.1, -0.05) is 0 Å². The predicted molar refractivity (Wildman–Crippen MR) is 63.1 cm³/mol. The average molecular weight is 267 g/mol. The highest BCUT2D eigenvalue weighted by Gasteiger charge is 2.34. The van der Waals surface area contributed by atoms with Crippen molar-refractivity contribution in [3.8, 4) is 11.5 Å². The zero-order valence-electron chi connectivity index (χ0n) is 9.94. The van der Waals surface area contributed by atoms with Crippen molar-refractivity contribution in [2.24, 2.45) is 0 Å². The molecule has 0 aromatic heterocycles. The molecule has 0 bridgehead atoms. The molecule has 7 nitrogen and oxygen atoms in total. The second kappa shape index (κ2) is 5.15. The molecule has 1 saturated heterocycles. The molecule has 1 atom stereocenters. The molecule has 1 aliphatic rings. The minimum absolute atomic E-state index is 0.0500. The van der Waals surface area contributed by atoms with Gasteiger partial charge < -0.3 is 25.0 Å². The van der Waals surface area contributed by atoms with Gasteiger partial charge in [-0.05, 0) is 12.1 Å². The van der Waals surface area contributed by atoms with Crippen molar-refractivity contribution in [1.82, 2.24) is 4.90 Å². The Bertz CT molecular complexity index is 515. The van der Waals surface area contributed by atoms with Crippen LogP contribution in [0.25, 0.3) is 0 Å². The number of hydrogen-bond donors (Lipinski definition) is 3. The molecule has 1 heterocycles. The summed E-state index contributed by atoms with van der Waals surface area (Å²) in [5.41, 5.74) is -0.0500. The summed E-state index contributed by atoms with van der Waals surface area (Å²) in [6.45, 7) is 0.296. The van der Waals surface area contributed by atoms with Gasteiger partial charge in [-0.15, -0.1) is 0 Å². The molecule has 7 heteroatoms. The third kappa shape index (κ3) is 2.60. The van der Waals surface area contributed by atoms with E-state index < -0.39 is 17.9 Å². The van der Waals surface area contributed by atoms with E-state index in [4.69, 9.17) is 9.84 Å². The lowest BCUT2D eigenvalue weighted by molar-refractivity contribution is -0.147. The van der Waals surface area contributed by atoms with Crippen molar-refractivity contribution in [1.29, 1.82) is 0 Å². The van der Waals surface area contributed by atoms with Gasteiger partial charge in [0.1, 0.15) is 11.5 Å². The average Bonchev–Trinajstić information content (AvgIpc) is 2.38. The molecule has 2 rings (SSSR count). The fourth-order valence-electron chi connectivity index (χ4n) is 1.91. The van der Waals surface area contributed by atoms with E-state index in [9.17, 15) is 19.8 Å². The number of carbonyl (C=O) groups is 2. The molecule has 1 aromatic rings. The number of amides is 1. The van der Waals surface area contributed by atoms with Gasteiger partial charge >= 0.3 is 5.97 Å². The molecule has 0 spiro atoms. The number of aliphatic carboxylic acids is 1. The maximum absolute atomic E-state index is 12.2. The summed E-state index contributed by atoms with van der Waals surface area (Å²) in [7, 11) is 0. The molecule has 1 amide bonds. The van der Waals surface area contributed by atoms with Crippen molar-refractivity contribution in [3.63, 3.8) is 0 Å². The normalized spacial score (nSPS) is 19.2. The first-order valence-electron chi connectivity index (χ1n) is 5.64. The maximum Gasteiger partial charge on any atom is 0.328 e. The van der Waals surface area contributed by atoms with Crippen molar-refractivity contribution >= 4 is 11.9 Å². The van der Waals surface area contributed by atoms with Crippen molar-refractivity contribution in [3.05, 3.63) is 23.8 Å². The molecule has 3 N–H and O–H groups in total. The summed E-state index contributed by atoms with van der Waals surface area (Å²) >= 11 is 0. The van der Waals surface area contributed by atoms with E-state index in [1.54, 1.807) is 0 Å². The third-order valence-electron chi connectivity index (χ3n) is 2.89. The lowest BCUT2D eigenvalue weighted by atomic mass is 10.1. The van der Waals surface area contributed by atoms with E-state index in [1.165, 1.54) is 12.1 Å². The van der Waals surface area contributed by atoms with Crippen LogP contribution in [0.4, 0.5) is 0 Å². The molecule has 0 saturated carbocycles. The number of ether oxygens (including phenoxy) is 1. The van der Waals surface area contributed by atoms with Crippen LogP contribution >= 0.6 is 0 Å². The third-order valence-corrected chi connectivity index (χ3v) is 2.89. The lowest BCUT2D eigenvalue weighted by Gasteiger charge is -2.33. The van der Waals surface area contributed by atoms with Crippen LogP contribution in [0.3, 0.4) is 0 Å². The molecule has 102 valence electrons. The molecule has 1 unspecified atom stereocenters. The smallest absolute Gasteiger partial charge is 0.328 e. The topological polar surface area (TPSA) is 107 Å². The maximum atomic E-state index is 12.2. The van der Waals surface area contributed by atoms with E-state index >= 15 is 0 Å². The van der Waals surface area contributed by atoms with Gasteiger partial charge in [0.2, 0.25) is 0 Å². The van der Waals surface area contributed by atoms with Crippen LogP contribution in [0.5, 0.6) is 11.5 Å². The summed E-state index contributed by atoms with van der Waals surface area (Å²) in [6.07, 6.45) is 0. The number of carboxylic acids is 1. The number of rotatable bonds is 2. The fraction of sp³-hybridized carbons (Fsp3) is 0.333. The highest BCUT2D eigenvalue weighted by molar-refractivity contribution is 5.99. The first-order chi connectivity index (χ1) is 9.00. The number of carboxylic acid groups (broad SMARTS) is 1. The molecule has 1 fully saturated rings. The second-order valence-electron chi connectivity index (χ2n) is 4.13. The van der Waals surface area contributed by atoms with Gasteiger partial charge in [0, 0.05) is 12.6 Å². The number of benzene rings is 1. The highest BCUT2D eigenvalue weighted by Crippen LogP contribution is 2.25. The Morgan fingerprint density at radius 1 is 1.32 bits per heavy atom. The standard InChI is InChI=1S/C12H13NO6/c14-7-1-2-8(10(15)5-7)11(16)13-3-4-19-6-9(13)12(17)18/h1-2,5,9,14-15H,3-4,6H2,(H,17,18). The van der Waals surface area contributed by atoms with Gasteiger partial charge in [-0.3, -0.25) is 4.79 Å². The molecule has 1 aliphatic heterocycles. The zero-order valence-corrected chi connectivity index (χ0v) is 9.94. The number of aromatic hydroxyl groups is 2. The van der Waals surface area contributed by atoms with Gasteiger partial charge in [0.05, 0.1) is 18.8 Å². The van der Waals surface area contributed by atoms with Crippen molar-refractivity contribution < 1.29 is 29.6 Å². The van der Waals surface area contributed by atoms with Crippen LogP contribution in [-0.4, -0.2) is 57.9 Å². The minimum Gasteiger partial charge on any atom is -0.508 e. The van der Waals surface area contributed by atoms with Crippen LogP contribution in [-0.2, 0) is 9.53 Å². The summed E-state index contributed by atoms with van der Waals surface area (Å²) in [5.74, 6) is -2.33. The number of hydrogen-bond acceptors (Lipinski definition) is 5. The summed E-state index contributed by atoms with van der Waals surface area (Å²) in [6, 6.07) is 2.46. The molecule has 0 radical (unpaired) electrons. The number of morpholine rings is 1. The lowest BCUT2D eigenvalue weighted by Crippen LogP contribution is -2.52. The molecular weight excluding hydrogens is 254 g/mol. The Morgan fingerprint density at radius 3 is 2.68 bits per heavy atom. The Hall–Kier alpha value is -2.28.